The first-order valence-corrected chi connectivity index (χ1v) is 5.99. The lowest BCUT2D eigenvalue weighted by Crippen LogP contribution is -2.46. The van der Waals surface area contributed by atoms with Gasteiger partial charge in [-0.1, -0.05) is 18.2 Å². The lowest BCUT2D eigenvalue weighted by molar-refractivity contribution is -0.154. The van der Waals surface area contributed by atoms with Gasteiger partial charge in [0.2, 0.25) is 5.91 Å². The van der Waals surface area contributed by atoms with Crippen LogP contribution in [0.2, 0.25) is 0 Å². The Morgan fingerprint density at radius 3 is 2.56 bits per heavy atom. The molecule has 0 aromatic carbocycles. The summed E-state index contributed by atoms with van der Waals surface area (Å²) in [6, 6.07) is 0. The van der Waals surface area contributed by atoms with Gasteiger partial charge in [0.25, 0.3) is 0 Å². The SMILES string of the molecule is CC=CC=CC(=O)NCC1(C(=O)O)CCOCC1. The minimum Gasteiger partial charge on any atom is -0.481 e. The van der Waals surface area contributed by atoms with Crippen LogP contribution in [0.3, 0.4) is 0 Å². The van der Waals surface area contributed by atoms with E-state index in [0.29, 0.717) is 26.1 Å². The van der Waals surface area contributed by atoms with Gasteiger partial charge in [0.15, 0.2) is 0 Å². The first-order chi connectivity index (χ1) is 8.60. The molecule has 0 bridgehead atoms. The van der Waals surface area contributed by atoms with Crippen LogP contribution in [0.1, 0.15) is 19.8 Å². The van der Waals surface area contributed by atoms with E-state index < -0.39 is 11.4 Å². The van der Waals surface area contributed by atoms with Crippen molar-refractivity contribution in [3.63, 3.8) is 0 Å². The monoisotopic (exact) mass is 253 g/mol. The molecule has 5 nitrogen and oxygen atoms in total. The predicted molar refractivity (Wildman–Crippen MR) is 67.1 cm³/mol. The van der Waals surface area contributed by atoms with Crippen molar-refractivity contribution in [3.05, 3.63) is 24.3 Å². The number of carboxylic acid groups (broad SMARTS) is 1. The molecule has 1 saturated heterocycles. The van der Waals surface area contributed by atoms with Gasteiger partial charge < -0.3 is 15.2 Å². The van der Waals surface area contributed by atoms with Gasteiger partial charge in [0, 0.05) is 25.8 Å². The molecule has 2 N–H and O–H groups in total. The number of aliphatic carboxylic acids is 1. The van der Waals surface area contributed by atoms with Gasteiger partial charge in [-0.25, -0.2) is 0 Å². The maximum absolute atomic E-state index is 11.5. The molecule has 18 heavy (non-hydrogen) atoms. The van der Waals surface area contributed by atoms with E-state index in [0.717, 1.165) is 0 Å². The minimum absolute atomic E-state index is 0.144. The summed E-state index contributed by atoms with van der Waals surface area (Å²) in [6.45, 7) is 2.85. The number of ether oxygens (including phenoxy) is 1. The topological polar surface area (TPSA) is 75.6 Å². The molecule has 0 aromatic heterocycles. The van der Waals surface area contributed by atoms with Crippen molar-refractivity contribution in [1.82, 2.24) is 5.32 Å². The molecule has 1 heterocycles. The highest BCUT2D eigenvalue weighted by Crippen LogP contribution is 2.29. The highest BCUT2D eigenvalue weighted by Gasteiger charge is 2.40. The molecule has 0 atom stereocenters. The second kappa shape index (κ2) is 6.96. The van der Waals surface area contributed by atoms with Crippen LogP contribution >= 0.6 is 0 Å². The summed E-state index contributed by atoms with van der Waals surface area (Å²) in [5.41, 5.74) is -0.887. The molecular weight excluding hydrogens is 234 g/mol. The Hall–Kier alpha value is -1.62. The molecule has 1 fully saturated rings. The maximum Gasteiger partial charge on any atom is 0.311 e. The average Bonchev–Trinajstić information content (AvgIpc) is 2.37. The van der Waals surface area contributed by atoms with Crippen molar-refractivity contribution >= 4 is 11.9 Å². The van der Waals surface area contributed by atoms with Crippen LogP contribution in [0.4, 0.5) is 0 Å². The molecule has 1 rings (SSSR count). The molecule has 1 aliphatic rings. The average molecular weight is 253 g/mol. The Balaban J connectivity index is 2.52. The maximum atomic E-state index is 11.5. The molecule has 5 heteroatoms. The van der Waals surface area contributed by atoms with Crippen molar-refractivity contribution in [3.8, 4) is 0 Å². The van der Waals surface area contributed by atoms with Gasteiger partial charge in [-0.2, -0.15) is 0 Å². The Morgan fingerprint density at radius 2 is 2.00 bits per heavy atom. The molecule has 100 valence electrons. The van der Waals surface area contributed by atoms with Gasteiger partial charge in [-0.05, 0) is 19.8 Å². The van der Waals surface area contributed by atoms with Crippen molar-refractivity contribution in [1.29, 1.82) is 0 Å². The highest BCUT2D eigenvalue weighted by molar-refractivity contribution is 5.88. The number of carbonyl (C=O) groups is 2. The third-order valence-electron chi connectivity index (χ3n) is 3.06. The van der Waals surface area contributed by atoms with Crippen LogP contribution in [-0.4, -0.2) is 36.7 Å². The highest BCUT2D eigenvalue weighted by atomic mass is 16.5. The molecule has 0 aromatic rings. The summed E-state index contributed by atoms with van der Waals surface area (Å²) in [5.74, 6) is -1.15. The number of carboxylic acids is 1. The Bertz CT molecular complexity index is 354. The number of amides is 1. The standard InChI is InChI=1S/C13H19NO4/c1-2-3-4-5-11(15)14-10-13(12(16)17)6-8-18-9-7-13/h2-5H,6-10H2,1H3,(H,14,15)(H,16,17). The summed E-state index contributed by atoms with van der Waals surface area (Å²) in [7, 11) is 0. The van der Waals surface area contributed by atoms with Crippen molar-refractivity contribution in [2.24, 2.45) is 5.41 Å². The third-order valence-corrected chi connectivity index (χ3v) is 3.06. The molecule has 0 unspecified atom stereocenters. The Kier molecular flexibility index (Phi) is 5.58. The molecule has 0 spiro atoms. The van der Waals surface area contributed by atoms with E-state index in [2.05, 4.69) is 5.32 Å². The number of rotatable bonds is 5. The van der Waals surface area contributed by atoms with E-state index in [1.165, 1.54) is 6.08 Å². The minimum atomic E-state index is -0.887. The van der Waals surface area contributed by atoms with Gasteiger partial charge in [0.05, 0.1) is 5.41 Å². The lowest BCUT2D eigenvalue weighted by atomic mass is 9.80. The Labute approximate surface area is 107 Å². The van der Waals surface area contributed by atoms with E-state index >= 15 is 0 Å². The van der Waals surface area contributed by atoms with E-state index in [9.17, 15) is 14.7 Å². The fourth-order valence-corrected chi connectivity index (χ4v) is 1.80. The van der Waals surface area contributed by atoms with Gasteiger partial charge in [-0.15, -0.1) is 0 Å². The fraction of sp³-hybridized carbons (Fsp3) is 0.538. The Morgan fingerprint density at radius 1 is 1.33 bits per heavy atom. The van der Waals surface area contributed by atoms with Crippen LogP contribution in [0.15, 0.2) is 24.3 Å². The van der Waals surface area contributed by atoms with Crippen LogP contribution in [0.25, 0.3) is 0 Å². The summed E-state index contributed by atoms with van der Waals surface area (Å²) >= 11 is 0. The van der Waals surface area contributed by atoms with Crippen molar-refractivity contribution < 1.29 is 19.4 Å². The third kappa shape index (κ3) is 4.00. The second-order valence-electron chi connectivity index (χ2n) is 4.30. The molecule has 1 aliphatic heterocycles. The van der Waals surface area contributed by atoms with Crippen molar-refractivity contribution in [2.45, 2.75) is 19.8 Å². The van der Waals surface area contributed by atoms with Gasteiger partial charge >= 0.3 is 5.97 Å². The zero-order chi connectivity index (χ0) is 13.4. The zero-order valence-corrected chi connectivity index (χ0v) is 10.5. The number of nitrogens with one attached hydrogen (secondary N) is 1. The fourth-order valence-electron chi connectivity index (χ4n) is 1.80. The molecule has 1 amide bonds. The van der Waals surface area contributed by atoms with E-state index in [-0.39, 0.29) is 12.5 Å². The first-order valence-electron chi connectivity index (χ1n) is 5.99. The van der Waals surface area contributed by atoms with E-state index in [1.807, 2.05) is 6.92 Å². The zero-order valence-electron chi connectivity index (χ0n) is 10.5. The van der Waals surface area contributed by atoms with Crippen LogP contribution in [0, 0.1) is 5.41 Å². The van der Waals surface area contributed by atoms with Gasteiger partial charge in [0.1, 0.15) is 0 Å². The summed E-state index contributed by atoms with van der Waals surface area (Å²) in [5, 5.41) is 11.9. The first kappa shape index (κ1) is 14.4. The largest absolute Gasteiger partial charge is 0.481 e. The lowest BCUT2D eigenvalue weighted by Gasteiger charge is -2.32. The number of hydrogen-bond acceptors (Lipinski definition) is 3. The summed E-state index contributed by atoms with van der Waals surface area (Å²) < 4.78 is 5.16. The smallest absolute Gasteiger partial charge is 0.311 e. The summed E-state index contributed by atoms with van der Waals surface area (Å²) in [6.07, 6.45) is 7.41. The van der Waals surface area contributed by atoms with Gasteiger partial charge in [-0.3, -0.25) is 9.59 Å². The molecule has 0 saturated carbocycles. The molecule has 0 aliphatic carbocycles. The second-order valence-corrected chi connectivity index (χ2v) is 4.30. The van der Waals surface area contributed by atoms with E-state index in [4.69, 9.17) is 4.74 Å². The molecular formula is C13H19NO4. The van der Waals surface area contributed by atoms with Crippen molar-refractivity contribution in [2.75, 3.05) is 19.8 Å². The number of allylic oxidation sites excluding steroid dienone is 3. The summed E-state index contributed by atoms with van der Waals surface area (Å²) in [4.78, 5) is 22.8. The normalized spacial score (nSPS) is 19.2. The van der Waals surface area contributed by atoms with Crippen LogP contribution in [0.5, 0.6) is 0 Å². The van der Waals surface area contributed by atoms with E-state index in [1.54, 1.807) is 18.2 Å². The quantitative estimate of drug-likeness (QED) is 0.568. The number of hydrogen-bond donors (Lipinski definition) is 2. The molecule has 0 radical (unpaired) electrons. The number of carbonyl (C=O) groups excluding carboxylic acids is 1. The van der Waals surface area contributed by atoms with Crippen LogP contribution < -0.4 is 5.32 Å². The van der Waals surface area contributed by atoms with Crippen LogP contribution in [-0.2, 0) is 14.3 Å². The predicted octanol–water partition coefficient (Wildman–Crippen LogP) is 1.12.